The first-order valence-electron chi connectivity index (χ1n) is 6.91. The number of carbonyl (C=O) groups is 1. The van der Waals surface area contributed by atoms with Crippen LogP contribution in [0.4, 0.5) is 10.8 Å². The monoisotopic (exact) mass is 400 g/mol. The van der Waals surface area contributed by atoms with Crippen LogP contribution in [-0.2, 0) is 14.8 Å². The molecule has 2 aromatic rings. The van der Waals surface area contributed by atoms with Crippen LogP contribution in [0.5, 0.6) is 5.75 Å². The number of nitrogens with one attached hydrogen (secondary N) is 2. The third kappa shape index (κ3) is 5.18. The van der Waals surface area contributed by atoms with Gasteiger partial charge in [-0.05, 0) is 18.2 Å². The van der Waals surface area contributed by atoms with Crippen LogP contribution in [0.1, 0.15) is 6.92 Å². The second-order valence-corrected chi connectivity index (χ2v) is 8.55. The molecule has 0 radical (unpaired) electrons. The van der Waals surface area contributed by atoms with Gasteiger partial charge in [0.25, 0.3) is 10.0 Å². The number of ether oxygens (including phenoxy) is 1. The number of nitrogens with zero attached hydrogens (tertiary/aromatic N) is 2. The van der Waals surface area contributed by atoms with Crippen molar-refractivity contribution in [2.24, 2.45) is 0 Å². The van der Waals surface area contributed by atoms with Crippen molar-refractivity contribution < 1.29 is 17.9 Å². The highest BCUT2D eigenvalue weighted by molar-refractivity contribution is 8.01. The van der Waals surface area contributed by atoms with E-state index in [2.05, 4.69) is 26.8 Å². The molecule has 1 aromatic heterocycles. The Morgan fingerprint density at radius 1 is 1.44 bits per heavy atom. The highest BCUT2D eigenvalue weighted by atomic mass is 32.2. The quantitative estimate of drug-likeness (QED) is 0.517. The van der Waals surface area contributed by atoms with E-state index in [4.69, 9.17) is 4.74 Å². The van der Waals surface area contributed by atoms with Crippen LogP contribution in [0.25, 0.3) is 0 Å². The van der Waals surface area contributed by atoms with Gasteiger partial charge in [0.05, 0.1) is 17.7 Å². The van der Waals surface area contributed by atoms with Crippen molar-refractivity contribution in [1.82, 2.24) is 10.2 Å². The summed E-state index contributed by atoms with van der Waals surface area (Å²) in [7, 11) is -2.45. The molecule has 2 rings (SSSR count). The number of hydrogen-bond donors (Lipinski definition) is 2. The largest absolute Gasteiger partial charge is 0.495 e. The molecule has 0 aliphatic carbocycles. The van der Waals surface area contributed by atoms with Crippen molar-refractivity contribution in [2.45, 2.75) is 16.2 Å². The summed E-state index contributed by atoms with van der Waals surface area (Å²) in [6, 6.07) is 4.16. The fraction of sp³-hybridized carbons (Fsp3) is 0.214. The minimum absolute atomic E-state index is 0.0347. The lowest BCUT2D eigenvalue weighted by molar-refractivity contribution is -0.114. The summed E-state index contributed by atoms with van der Waals surface area (Å²) < 4.78 is 33.1. The maximum atomic E-state index is 12.5. The zero-order chi connectivity index (χ0) is 18.4. The molecule has 1 heterocycles. The van der Waals surface area contributed by atoms with Crippen molar-refractivity contribution in [3.05, 3.63) is 30.9 Å². The van der Waals surface area contributed by atoms with Gasteiger partial charge in [0.2, 0.25) is 11.0 Å². The second-order valence-electron chi connectivity index (χ2n) is 4.62. The van der Waals surface area contributed by atoms with Gasteiger partial charge in [0, 0.05) is 12.7 Å². The molecule has 0 aliphatic heterocycles. The molecular weight excluding hydrogens is 384 g/mol. The number of anilines is 2. The molecule has 2 N–H and O–H groups in total. The van der Waals surface area contributed by atoms with Crippen LogP contribution in [0.2, 0.25) is 0 Å². The number of hydrogen-bond acceptors (Lipinski definition) is 8. The predicted octanol–water partition coefficient (Wildman–Crippen LogP) is 2.58. The topological polar surface area (TPSA) is 110 Å². The lowest BCUT2D eigenvalue weighted by atomic mass is 10.3. The number of aromatic nitrogens is 2. The molecular formula is C14H16N4O4S3. The zero-order valence-corrected chi connectivity index (χ0v) is 15.9. The van der Waals surface area contributed by atoms with Crippen LogP contribution in [0.3, 0.4) is 0 Å². The summed E-state index contributed by atoms with van der Waals surface area (Å²) >= 11 is 2.53. The highest BCUT2D eigenvalue weighted by Crippen LogP contribution is 2.30. The number of sulfonamides is 1. The zero-order valence-electron chi connectivity index (χ0n) is 13.5. The maximum Gasteiger partial charge on any atom is 0.263 e. The summed E-state index contributed by atoms with van der Waals surface area (Å²) in [5.41, 5.74) is 0.261. The smallest absolute Gasteiger partial charge is 0.263 e. The van der Waals surface area contributed by atoms with E-state index >= 15 is 0 Å². The Bertz CT molecular complexity index is 880. The highest BCUT2D eigenvalue weighted by Gasteiger charge is 2.19. The first-order valence-corrected chi connectivity index (χ1v) is 10.2. The molecule has 0 atom stereocenters. The molecule has 11 heteroatoms. The van der Waals surface area contributed by atoms with E-state index in [9.17, 15) is 13.2 Å². The molecule has 1 aromatic carbocycles. The minimum atomic E-state index is -3.88. The average molecular weight is 401 g/mol. The summed E-state index contributed by atoms with van der Waals surface area (Å²) in [6.07, 6.45) is 1.72. The lowest BCUT2D eigenvalue weighted by Crippen LogP contribution is -2.14. The Balaban J connectivity index is 2.25. The van der Waals surface area contributed by atoms with E-state index in [1.54, 1.807) is 6.08 Å². The van der Waals surface area contributed by atoms with E-state index in [0.717, 1.165) is 11.3 Å². The van der Waals surface area contributed by atoms with Crippen molar-refractivity contribution in [2.75, 3.05) is 22.9 Å². The van der Waals surface area contributed by atoms with Crippen LogP contribution in [-0.4, -0.2) is 37.4 Å². The predicted molar refractivity (Wildman–Crippen MR) is 98.9 cm³/mol. The first kappa shape index (κ1) is 19.2. The van der Waals surface area contributed by atoms with Gasteiger partial charge in [-0.3, -0.25) is 9.52 Å². The Kier molecular flexibility index (Phi) is 6.39. The number of benzene rings is 1. The fourth-order valence-electron chi connectivity index (χ4n) is 1.76. The van der Waals surface area contributed by atoms with E-state index < -0.39 is 10.0 Å². The molecule has 0 unspecified atom stereocenters. The van der Waals surface area contributed by atoms with Gasteiger partial charge in [0.15, 0.2) is 4.34 Å². The van der Waals surface area contributed by atoms with Crippen LogP contribution >= 0.6 is 23.1 Å². The van der Waals surface area contributed by atoms with Crippen molar-refractivity contribution in [3.63, 3.8) is 0 Å². The molecule has 0 saturated carbocycles. The van der Waals surface area contributed by atoms with Crippen molar-refractivity contribution >= 4 is 49.8 Å². The van der Waals surface area contributed by atoms with Gasteiger partial charge in [-0.25, -0.2) is 8.42 Å². The normalized spacial score (nSPS) is 11.0. The van der Waals surface area contributed by atoms with Gasteiger partial charge >= 0.3 is 0 Å². The van der Waals surface area contributed by atoms with Crippen molar-refractivity contribution in [1.29, 1.82) is 0 Å². The second kappa shape index (κ2) is 8.32. The molecule has 1 amide bonds. The van der Waals surface area contributed by atoms with Crippen LogP contribution < -0.4 is 14.8 Å². The van der Waals surface area contributed by atoms with E-state index in [1.165, 1.54) is 44.0 Å². The van der Waals surface area contributed by atoms with E-state index in [1.807, 2.05) is 0 Å². The van der Waals surface area contributed by atoms with Crippen molar-refractivity contribution in [3.8, 4) is 5.75 Å². The third-order valence-electron chi connectivity index (χ3n) is 2.74. The lowest BCUT2D eigenvalue weighted by Gasteiger charge is -2.11. The van der Waals surface area contributed by atoms with Gasteiger partial charge in [0.1, 0.15) is 5.75 Å². The molecule has 8 nitrogen and oxygen atoms in total. The number of amides is 1. The third-order valence-corrected chi connectivity index (χ3v) is 6.18. The Morgan fingerprint density at radius 3 is 2.84 bits per heavy atom. The first-order chi connectivity index (χ1) is 11.9. The molecule has 134 valence electrons. The summed E-state index contributed by atoms with van der Waals surface area (Å²) in [6.45, 7) is 4.93. The van der Waals surface area contributed by atoms with Crippen LogP contribution in [0, 0.1) is 0 Å². The van der Waals surface area contributed by atoms with E-state index in [0.29, 0.717) is 15.8 Å². The van der Waals surface area contributed by atoms with Gasteiger partial charge < -0.3 is 10.1 Å². The standard InChI is InChI=1S/C14H16N4O4S3/c1-4-7-23-14-17-16-13(24-14)18-25(20,21)10-5-6-12(22-3)11(8-10)15-9(2)19/h4-6,8H,1,7H2,2-3H3,(H,15,19)(H,16,18). The Labute approximate surface area is 153 Å². The van der Waals surface area contributed by atoms with E-state index in [-0.39, 0.29) is 21.6 Å². The summed E-state index contributed by atoms with van der Waals surface area (Å²) in [4.78, 5) is 11.2. The molecule has 0 spiro atoms. The van der Waals surface area contributed by atoms with Crippen LogP contribution in [0.15, 0.2) is 40.1 Å². The summed E-state index contributed by atoms with van der Waals surface area (Å²) in [5, 5.41) is 10.4. The molecule has 25 heavy (non-hydrogen) atoms. The molecule has 0 saturated heterocycles. The number of thioether (sulfide) groups is 1. The SMILES string of the molecule is C=CCSc1nnc(NS(=O)(=O)c2ccc(OC)c(NC(C)=O)c2)s1. The number of methoxy groups -OCH3 is 1. The van der Waals surface area contributed by atoms with Gasteiger partial charge in [-0.2, -0.15) is 0 Å². The Morgan fingerprint density at radius 2 is 2.20 bits per heavy atom. The fourth-order valence-corrected chi connectivity index (χ4v) is 4.52. The molecule has 0 bridgehead atoms. The average Bonchev–Trinajstić information content (AvgIpc) is 2.99. The van der Waals surface area contributed by atoms with Gasteiger partial charge in [-0.1, -0.05) is 29.2 Å². The molecule has 0 aliphatic rings. The minimum Gasteiger partial charge on any atom is -0.495 e. The molecule has 0 fully saturated rings. The summed E-state index contributed by atoms with van der Waals surface area (Å²) in [5.74, 6) is 0.668. The number of rotatable bonds is 8. The van der Waals surface area contributed by atoms with Gasteiger partial charge in [-0.15, -0.1) is 16.8 Å². The number of carbonyl (C=O) groups excluding carboxylic acids is 1. The Hall–Kier alpha value is -2.11. The maximum absolute atomic E-state index is 12.5.